The molecule has 1 aromatic heterocycles. The summed E-state index contributed by atoms with van der Waals surface area (Å²) in [5.41, 5.74) is 2.77. The van der Waals surface area contributed by atoms with Crippen LogP contribution in [-0.4, -0.2) is 24.5 Å². The van der Waals surface area contributed by atoms with Gasteiger partial charge in [-0.3, -0.25) is 4.99 Å². The van der Waals surface area contributed by atoms with Crippen molar-refractivity contribution in [2.24, 2.45) is 4.99 Å². The SMILES string of the molecule is CN=C(NCc1csc(C(C)C)n1)NCC1(c2ccccc2)CCC1.I. The zero-order valence-corrected chi connectivity index (χ0v) is 18.9. The number of nitrogens with one attached hydrogen (secondary N) is 2. The van der Waals surface area contributed by atoms with Crippen molar-refractivity contribution in [3.8, 4) is 0 Å². The number of hydrogen-bond donors (Lipinski definition) is 2. The van der Waals surface area contributed by atoms with Crippen molar-refractivity contribution in [1.29, 1.82) is 0 Å². The zero-order chi connectivity index (χ0) is 17.7. The highest BCUT2D eigenvalue weighted by atomic mass is 127. The lowest BCUT2D eigenvalue weighted by Crippen LogP contribution is -2.48. The minimum absolute atomic E-state index is 0. The van der Waals surface area contributed by atoms with Crippen molar-refractivity contribution in [3.05, 3.63) is 52.0 Å². The quantitative estimate of drug-likeness (QED) is 0.356. The number of benzene rings is 1. The predicted octanol–water partition coefficient (Wildman–Crippen LogP) is 4.67. The first-order chi connectivity index (χ1) is 12.1. The fourth-order valence-electron chi connectivity index (χ4n) is 3.28. The Hall–Kier alpha value is -1.15. The third-order valence-electron chi connectivity index (χ3n) is 5.02. The molecule has 0 spiro atoms. The number of aliphatic imine (C=N–C) groups is 1. The Labute approximate surface area is 177 Å². The van der Waals surface area contributed by atoms with Crippen LogP contribution in [0.1, 0.15) is 55.3 Å². The van der Waals surface area contributed by atoms with Gasteiger partial charge in [0, 0.05) is 30.3 Å². The molecule has 0 aliphatic heterocycles. The lowest BCUT2D eigenvalue weighted by Gasteiger charge is -2.43. The van der Waals surface area contributed by atoms with E-state index in [1.54, 1.807) is 11.3 Å². The van der Waals surface area contributed by atoms with Crippen LogP contribution in [0.4, 0.5) is 0 Å². The predicted molar refractivity (Wildman–Crippen MR) is 122 cm³/mol. The molecule has 26 heavy (non-hydrogen) atoms. The monoisotopic (exact) mass is 484 g/mol. The third-order valence-corrected chi connectivity index (χ3v) is 6.21. The summed E-state index contributed by atoms with van der Waals surface area (Å²) in [6.07, 6.45) is 3.79. The first-order valence-corrected chi connectivity index (χ1v) is 9.95. The fraction of sp³-hybridized carbons (Fsp3) is 0.500. The Morgan fingerprint density at radius 2 is 1.96 bits per heavy atom. The van der Waals surface area contributed by atoms with E-state index in [0.29, 0.717) is 12.5 Å². The van der Waals surface area contributed by atoms with E-state index >= 15 is 0 Å². The summed E-state index contributed by atoms with van der Waals surface area (Å²) < 4.78 is 0. The highest BCUT2D eigenvalue weighted by molar-refractivity contribution is 14.0. The normalized spacial score (nSPS) is 15.9. The second-order valence-electron chi connectivity index (χ2n) is 7.11. The van der Waals surface area contributed by atoms with Gasteiger partial charge in [0.2, 0.25) is 0 Å². The Morgan fingerprint density at radius 3 is 2.50 bits per heavy atom. The number of aromatic nitrogens is 1. The molecule has 1 fully saturated rings. The average Bonchev–Trinajstić information content (AvgIpc) is 3.07. The van der Waals surface area contributed by atoms with Gasteiger partial charge in [-0.05, 0) is 18.4 Å². The fourth-order valence-corrected chi connectivity index (χ4v) is 4.11. The van der Waals surface area contributed by atoms with E-state index in [1.807, 2.05) is 7.05 Å². The molecule has 1 aliphatic rings. The number of rotatable bonds is 6. The molecule has 0 saturated heterocycles. The molecule has 6 heteroatoms. The summed E-state index contributed by atoms with van der Waals surface area (Å²) in [5.74, 6) is 1.34. The Morgan fingerprint density at radius 1 is 1.23 bits per heavy atom. The molecule has 142 valence electrons. The van der Waals surface area contributed by atoms with E-state index in [4.69, 9.17) is 0 Å². The van der Waals surface area contributed by atoms with Crippen LogP contribution in [0, 0.1) is 0 Å². The van der Waals surface area contributed by atoms with Crippen LogP contribution < -0.4 is 10.6 Å². The van der Waals surface area contributed by atoms with Gasteiger partial charge in [0.15, 0.2) is 5.96 Å². The molecule has 0 amide bonds. The van der Waals surface area contributed by atoms with Crippen LogP contribution in [0.5, 0.6) is 0 Å². The van der Waals surface area contributed by atoms with Crippen LogP contribution in [0.25, 0.3) is 0 Å². The number of nitrogens with zero attached hydrogens (tertiary/aromatic N) is 2. The maximum absolute atomic E-state index is 4.67. The minimum atomic E-state index is 0. The first kappa shape index (κ1) is 21.2. The van der Waals surface area contributed by atoms with E-state index in [-0.39, 0.29) is 29.4 Å². The van der Waals surface area contributed by atoms with Gasteiger partial charge < -0.3 is 10.6 Å². The van der Waals surface area contributed by atoms with Gasteiger partial charge in [-0.2, -0.15) is 0 Å². The standard InChI is InChI=1S/C20H28N4S.HI/c1-15(2)18-24-17(13-25-18)12-22-19(21-3)23-14-20(10-7-11-20)16-8-5-4-6-9-16;/h4-6,8-9,13,15H,7,10-12,14H2,1-3H3,(H2,21,22,23);1H. The molecule has 4 nitrogen and oxygen atoms in total. The third kappa shape index (κ3) is 4.97. The number of hydrogen-bond acceptors (Lipinski definition) is 3. The van der Waals surface area contributed by atoms with Crippen LogP contribution in [0.15, 0.2) is 40.7 Å². The topological polar surface area (TPSA) is 49.3 Å². The van der Waals surface area contributed by atoms with E-state index < -0.39 is 0 Å². The molecule has 2 N–H and O–H groups in total. The maximum Gasteiger partial charge on any atom is 0.191 e. The van der Waals surface area contributed by atoms with Crippen molar-refractivity contribution in [2.75, 3.05) is 13.6 Å². The van der Waals surface area contributed by atoms with Crippen LogP contribution in [-0.2, 0) is 12.0 Å². The summed E-state index contributed by atoms with van der Waals surface area (Å²) in [7, 11) is 1.83. The van der Waals surface area contributed by atoms with E-state index in [2.05, 4.69) is 70.2 Å². The van der Waals surface area contributed by atoms with E-state index in [0.717, 1.165) is 18.2 Å². The van der Waals surface area contributed by atoms with Crippen LogP contribution in [0.2, 0.25) is 0 Å². The second kappa shape index (κ2) is 9.69. The average molecular weight is 484 g/mol. The summed E-state index contributed by atoms with van der Waals surface area (Å²) in [4.78, 5) is 9.04. The summed E-state index contributed by atoms with van der Waals surface area (Å²) in [5, 5.41) is 10.2. The van der Waals surface area contributed by atoms with Crippen molar-refractivity contribution in [2.45, 2.75) is 51.0 Å². The first-order valence-electron chi connectivity index (χ1n) is 9.07. The molecular formula is C20H29IN4S. The van der Waals surface area contributed by atoms with Gasteiger partial charge in [-0.25, -0.2) is 4.98 Å². The Balaban J connectivity index is 0.00000243. The molecule has 2 aromatic rings. The molecule has 3 rings (SSSR count). The molecule has 1 heterocycles. The van der Waals surface area contributed by atoms with E-state index in [1.165, 1.54) is 29.8 Å². The second-order valence-corrected chi connectivity index (χ2v) is 8.00. The molecule has 0 radical (unpaired) electrons. The number of halogens is 1. The highest BCUT2D eigenvalue weighted by Crippen LogP contribution is 2.43. The molecule has 1 saturated carbocycles. The number of guanidine groups is 1. The van der Waals surface area contributed by atoms with Gasteiger partial charge in [-0.1, -0.05) is 50.6 Å². The van der Waals surface area contributed by atoms with Crippen molar-refractivity contribution < 1.29 is 0 Å². The van der Waals surface area contributed by atoms with Crippen LogP contribution in [0.3, 0.4) is 0 Å². The van der Waals surface area contributed by atoms with Gasteiger partial charge in [0.1, 0.15) is 0 Å². The van der Waals surface area contributed by atoms with Crippen molar-refractivity contribution in [3.63, 3.8) is 0 Å². The molecule has 0 unspecified atom stereocenters. The minimum Gasteiger partial charge on any atom is -0.356 e. The largest absolute Gasteiger partial charge is 0.356 e. The Bertz CT molecular complexity index is 708. The van der Waals surface area contributed by atoms with Crippen molar-refractivity contribution in [1.82, 2.24) is 15.6 Å². The lowest BCUT2D eigenvalue weighted by atomic mass is 9.64. The van der Waals surface area contributed by atoms with E-state index in [9.17, 15) is 0 Å². The summed E-state index contributed by atoms with van der Waals surface area (Å²) in [6.45, 7) is 5.99. The maximum atomic E-state index is 4.67. The molecule has 0 atom stereocenters. The van der Waals surface area contributed by atoms with Gasteiger partial charge in [0.05, 0.1) is 17.2 Å². The van der Waals surface area contributed by atoms with Gasteiger partial charge in [-0.15, -0.1) is 35.3 Å². The van der Waals surface area contributed by atoms with Gasteiger partial charge >= 0.3 is 0 Å². The molecule has 1 aliphatic carbocycles. The zero-order valence-electron chi connectivity index (χ0n) is 15.8. The summed E-state index contributed by atoms with van der Waals surface area (Å²) >= 11 is 1.73. The Kier molecular flexibility index (Phi) is 7.88. The highest BCUT2D eigenvalue weighted by Gasteiger charge is 2.38. The van der Waals surface area contributed by atoms with Crippen molar-refractivity contribution >= 4 is 41.3 Å². The molecule has 0 bridgehead atoms. The molecule has 1 aromatic carbocycles. The summed E-state index contributed by atoms with van der Waals surface area (Å²) in [6, 6.07) is 10.9. The lowest BCUT2D eigenvalue weighted by molar-refractivity contribution is 0.244. The molecular weight excluding hydrogens is 455 g/mol. The number of thiazole rings is 1. The smallest absolute Gasteiger partial charge is 0.191 e. The van der Waals surface area contributed by atoms with Crippen LogP contribution >= 0.6 is 35.3 Å². The van der Waals surface area contributed by atoms with Gasteiger partial charge in [0.25, 0.3) is 0 Å².